The van der Waals surface area contributed by atoms with Crippen molar-refractivity contribution in [2.75, 3.05) is 6.61 Å². The summed E-state index contributed by atoms with van der Waals surface area (Å²) >= 11 is 0. The zero-order chi connectivity index (χ0) is 16.3. The predicted molar refractivity (Wildman–Crippen MR) is 73.4 cm³/mol. The average molecular weight is 311 g/mol. The largest absolute Gasteiger partial charge is 0.460 e. The van der Waals surface area contributed by atoms with Crippen LogP contribution in [0.4, 0.5) is 8.78 Å². The number of nitrogens with two attached hydrogens (primary N) is 1. The fourth-order valence-corrected chi connectivity index (χ4v) is 2.23. The van der Waals surface area contributed by atoms with Gasteiger partial charge < -0.3 is 10.5 Å². The summed E-state index contributed by atoms with van der Waals surface area (Å²) < 4.78 is 31.3. The molecule has 8 heteroatoms. The molecule has 1 unspecified atom stereocenters. The van der Waals surface area contributed by atoms with E-state index in [9.17, 15) is 18.4 Å². The summed E-state index contributed by atoms with van der Waals surface area (Å²) in [6.07, 6.45) is 0.462. The Bertz CT molecular complexity index is 614. The maximum atomic E-state index is 13.3. The van der Waals surface area contributed by atoms with Crippen molar-refractivity contribution in [3.8, 4) is 0 Å². The molecule has 1 saturated heterocycles. The first-order valence-corrected chi connectivity index (χ1v) is 6.71. The molecule has 0 spiro atoms. The second-order valence-electron chi connectivity index (χ2n) is 4.70. The first-order valence-electron chi connectivity index (χ1n) is 6.71. The summed E-state index contributed by atoms with van der Waals surface area (Å²) in [5, 5.41) is 4.72. The lowest BCUT2D eigenvalue weighted by Gasteiger charge is -2.20. The minimum absolute atomic E-state index is 0.113. The predicted octanol–water partition coefficient (Wildman–Crippen LogP) is 1.46. The van der Waals surface area contributed by atoms with Gasteiger partial charge in [-0.25, -0.2) is 18.6 Å². The molecule has 0 saturated carbocycles. The molecule has 1 heterocycles. The molecular formula is C14H15F2N3O3. The minimum atomic E-state index is -0.855. The van der Waals surface area contributed by atoms with Gasteiger partial charge in [0.15, 0.2) is 0 Å². The van der Waals surface area contributed by atoms with Gasteiger partial charge in [0.1, 0.15) is 11.6 Å². The van der Waals surface area contributed by atoms with Crippen molar-refractivity contribution in [1.29, 1.82) is 0 Å². The van der Waals surface area contributed by atoms with Crippen LogP contribution in [0.1, 0.15) is 31.4 Å². The van der Waals surface area contributed by atoms with Crippen molar-refractivity contribution in [2.24, 2.45) is 10.8 Å². The van der Waals surface area contributed by atoms with Gasteiger partial charge in [0, 0.05) is 12.5 Å². The highest BCUT2D eigenvalue weighted by atomic mass is 19.1. The maximum Gasteiger partial charge on any atom is 0.375 e. The van der Waals surface area contributed by atoms with Crippen LogP contribution in [0.2, 0.25) is 0 Å². The molecule has 1 aliphatic heterocycles. The molecule has 1 aromatic carbocycles. The number of amidine groups is 1. The lowest BCUT2D eigenvalue weighted by Crippen LogP contribution is -2.32. The summed E-state index contributed by atoms with van der Waals surface area (Å²) in [6, 6.07) is 2.30. The Balaban J connectivity index is 2.30. The number of carbonyl (C=O) groups excluding carboxylic acids is 2. The van der Waals surface area contributed by atoms with E-state index in [1.807, 2.05) is 0 Å². The Labute approximate surface area is 125 Å². The topological polar surface area (TPSA) is 85.0 Å². The maximum absolute atomic E-state index is 13.3. The van der Waals surface area contributed by atoms with Crippen LogP contribution < -0.4 is 5.73 Å². The Morgan fingerprint density at radius 2 is 2.05 bits per heavy atom. The molecule has 2 rings (SSSR count). The quantitative estimate of drug-likeness (QED) is 0.520. The van der Waals surface area contributed by atoms with Crippen molar-refractivity contribution >= 4 is 17.7 Å². The summed E-state index contributed by atoms with van der Waals surface area (Å²) in [4.78, 5) is 23.3. The number of carbonyl (C=O) groups is 2. The highest BCUT2D eigenvalue weighted by Crippen LogP contribution is 2.33. The first kappa shape index (κ1) is 15.9. The Hall–Kier alpha value is -2.51. The van der Waals surface area contributed by atoms with E-state index in [1.165, 1.54) is 0 Å². The van der Waals surface area contributed by atoms with Crippen LogP contribution in [0, 0.1) is 11.6 Å². The smallest absolute Gasteiger partial charge is 0.375 e. The molecule has 1 amide bonds. The normalized spacial score (nSPS) is 18.7. The van der Waals surface area contributed by atoms with Crippen LogP contribution >= 0.6 is 0 Å². The average Bonchev–Trinajstić information content (AvgIpc) is 2.79. The minimum Gasteiger partial charge on any atom is -0.460 e. The van der Waals surface area contributed by atoms with Crippen molar-refractivity contribution in [3.63, 3.8) is 0 Å². The fourth-order valence-electron chi connectivity index (χ4n) is 2.23. The van der Waals surface area contributed by atoms with Gasteiger partial charge in [-0.05, 0) is 31.0 Å². The van der Waals surface area contributed by atoms with Gasteiger partial charge in [0.2, 0.25) is 11.7 Å². The van der Waals surface area contributed by atoms with Crippen LogP contribution in [-0.2, 0) is 14.3 Å². The number of hydrogen-bond donors (Lipinski definition) is 1. The lowest BCUT2D eigenvalue weighted by molar-refractivity contribution is -0.135. The van der Waals surface area contributed by atoms with Crippen LogP contribution in [0.25, 0.3) is 0 Å². The summed E-state index contributed by atoms with van der Waals surface area (Å²) in [5.41, 5.74) is 5.73. The number of rotatable bonds is 3. The van der Waals surface area contributed by atoms with Crippen molar-refractivity contribution in [2.45, 2.75) is 25.8 Å². The van der Waals surface area contributed by atoms with E-state index >= 15 is 0 Å². The molecule has 2 N–H and O–H groups in total. The monoisotopic (exact) mass is 311 g/mol. The zero-order valence-corrected chi connectivity index (χ0v) is 11.9. The van der Waals surface area contributed by atoms with E-state index in [1.54, 1.807) is 6.92 Å². The van der Waals surface area contributed by atoms with Crippen LogP contribution in [-0.4, -0.2) is 29.3 Å². The number of hydrazone groups is 1. The first-order chi connectivity index (χ1) is 10.4. The van der Waals surface area contributed by atoms with Crippen LogP contribution in [0.15, 0.2) is 23.3 Å². The second kappa shape index (κ2) is 6.50. The number of esters is 1. The number of benzene rings is 1. The van der Waals surface area contributed by atoms with E-state index in [2.05, 4.69) is 9.84 Å². The second-order valence-corrected chi connectivity index (χ2v) is 4.70. The summed E-state index contributed by atoms with van der Waals surface area (Å²) in [5.74, 6) is -3.24. The molecule has 1 fully saturated rings. The zero-order valence-electron chi connectivity index (χ0n) is 11.9. The van der Waals surface area contributed by atoms with E-state index in [0.29, 0.717) is 6.42 Å². The molecule has 118 valence electrons. The number of halogens is 2. The van der Waals surface area contributed by atoms with E-state index < -0.39 is 29.5 Å². The fraction of sp³-hybridized carbons (Fsp3) is 0.357. The van der Waals surface area contributed by atoms with E-state index in [-0.39, 0.29) is 24.5 Å². The van der Waals surface area contributed by atoms with Gasteiger partial charge in [-0.2, -0.15) is 0 Å². The van der Waals surface area contributed by atoms with Crippen LogP contribution in [0.3, 0.4) is 0 Å². The Morgan fingerprint density at radius 1 is 1.41 bits per heavy atom. The van der Waals surface area contributed by atoms with E-state index in [4.69, 9.17) is 5.73 Å². The van der Waals surface area contributed by atoms with Gasteiger partial charge in [-0.1, -0.05) is 0 Å². The molecule has 0 bridgehead atoms. The van der Waals surface area contributed by atoms with Crippen molar-refractivity contribution < 1.29 is 23.1 Å². The Kier molecular flexibility index (Phi) is 4.69. The molecule has 0 aromatic heterocycles. The molecule has 22 heavy (non-hydrogen) atoms. The van der Waals surface area contributed by atoms with Gasteiger partial charge in [-0.3, -0.25) is 4.79 Å². The lowest BCUT2D eigenvalue weighted by atomic mass is 10.0. The summed E-state index contributed by atoms with van der Waals surface area (Å²) in [7, 11) is 0. The molecular weight excluding hydrogens is 296 g/mol. The molecule has 0 radical (unpaired) electrons. The van der Waals surface area contributed by atoms with Gasteiger partial charge in [0.25, 0.3) is 0 Å². The number of nitrogens with zero attached hydrogens (tertiary/aromatic N) is 2. The third kappa shape index (κ3) is 3.38. The van der Waals surface area contributed by atoms with E-state index in [0.717, 1.165) is 23.2 Å². The van der Waals surface area contributed by atoms with Crippen molar-refractivity contribution in [3.05, 3.63) is 35.4 Å². The summed E-state index contributed by atoms with van der Waals surface area (Å²) in [6.45, 7) is 1.71. The molecule has 1 atom stereocenters. The molecule has 1 aliphatic rings. The standard InChI is InChI=1S/C14H15F2N3O3/c1-2-22-14(21)13(17)18-19-11(3-4-12(19)20)8-5-9(15)7-10(16)6-8/h5-7,11H,2-4H2,1H3,(H2,17,18). The number of hydrogen-bond acceptors (Lipinski definition) is 4. The third-order valence-corrected chi connectivity index (χ3v) is 3.15. The van der Waals surface area contributed by atoms with Crippen molar-refractivity contribution in [1.82, 2.24) is 5.01 Å². The molecule has 0 aliphatic carbocycles. The molecule has 6 nitrogen and oxygen atoms in total. The van der Waals surface area contributed by atoms with Gasteiger partial charge in [0.05, 0.1) is 12.6 Å². The highest BCUT2D eigenvalue weighted by molar-refractivity contribution is 6.34. The van der Waals surface area contributed by atoms with Gasteiger partial charge >= 0.3 is 5.97 Å². The number of ether oxygens (including phenoxy) is 1. The third-order valence-electron chi connectivity index (χ3n) is 3.15. The van der Waals surface area contributed by atoms with Crippen LogP contribution in [0.5, 0.6) is 0 Å². The molecule has 1 aromatic rings. The van der Waals surface area contributed by atoms with Gasteiger partial charge in [-0.15, -0.1) is 5.10 Å². The highest BCUT2D eigenvalue weighted by Gasteiger charge is 2.33. The number of amides is 1. The Morgan fingerprint density at radius 3 is 2.64 bits per heavy atom. The SMILES string of the molecule is CCOC(=O)/C(N)=N\N1C(=O)CCC1c1cc(F)cc(F)c1.